The van der Waals surface area contributed by atoms with Crippen LogP contribution in [-0.2, 0) is 17.6 Å². The lowest BCUT2D eigenvalue weighted by molar-refractivity contribution is -0.122. The summed E-state index contributed by atoms with van der Waals surface area (Å²) in [7, 11) is 0. The molecule has 0 aliphatic carbocycles. The minimum absolute atomic E-state index is 0.0950. The van der Waals surface area contributed by atoms with E-state index in [1.165, 1.54) is 10.4 Å². The topological polar surface area (TPSA) is 32.3 Å². The molecule has 3 nitrogen and oxygen atoms in total. The Labute approximate surface area is 146 Å². The maximum Gasteiger partial charge on any atom is 0.234 e. The van der Waals surface area contributed by atoms with Crippen molar-refractivity contribution in [2.75, 3.05) is 19.6 Å². The van der Waals surface area contributed by atoms with Crippen molar-refractivity contribution in [3.05, 3.63) is 56.7 Å². The van der Waals surface area contributed by atoms with Crippen LogP contribution in [0.5, 0.6) is 0 Å². The van der Waals surface area contributed by atoms with Crippen LogP contribution >= 0.6 is 22.9 Å². The summed E-state index contributed by atoms with van der Waals surface area (Å²) in [4.78, 5) is 15.9. The number of nitrogens with zero attached hydrogens (tertiary/aromatic N) is 1. The standard InChI is InChI=1S/C18H21ClN2OS/c1-13-16-7-10-23-17(16)6-9-21(13)12-18(22)20-8-5-14-3-2-4-15(19)11-14/h2-4,7,10-11,13H,5-6,8-9,12H2,1H3,(H,20,22)/t13-/m0/s1. The Hall–Kier alpha value is -1.36. The molecule has 3 rings (SSSR count). The number of thiophene rings is 1. The fraction of sp³-hybridized carbons (Fsp3) is 0.389. The molecule has 0 radical (unpaired) electrons. The van der Waals surface area contributed by atoms with Gasteiger partial charge in [-0.3, -0.25) is 9.69 Å². The van der Waals surface area contributed by atoms with Crippen LogP contribution in [0, 0.1) is 0 Å². The predicted molar refractivity (Wildman–Crippen MR) is 96.2 cm³/mol. The monoisotopic (exact) mass is 348 g/mol. The zero-order valence-electron chi connectivity index (χ0n) is 13.2. The van der Waals surface area contributed by atoms with E-state index in [0.717, 1.165) is 30.0 Å². The van der Waals surface area contributed by atoms with E-state index in [1.54, 1.807) is 0 Å². The van der Waals surface area contributed by atoms with E-state index in [9.17, 15) is 4.79 Å². The van der Waals surface area contributed by atoms with E-state index in [0.29, 0.717) is 19.1 Å². The summed E-state index contributed by atoms with van der Waals surface area (Å²) in [5.41, 5.74) is 2.53. The van der Waals surface area contributed by atoms with E-state index in [-0.39, 0.29) is 5.91 Å². The zero-order chi connectivity index (χ0) is 16.2. The normalized spacial score (nSPS) is 17.7. The molecule has 1 aromatic heterocycles. The molecular weight excluding hydrogens is 328 g/mol. The van der Waals surface area contributed by atoms with Gasteiger partial charge in [-0.15, -0.1) is 11.3 Å². The third-order valence-electron chi connectivity index (χ3n) is 4.38. The predicted octanol–water partition coefficient (Wildman–Crippen LogP) is 3.68. The molecular formula is C18H21ClN2OS. The number of nitrogens with one attached hydrogen (secondary N) is 1. The molecule has 1 atom stereocenters. The Morgan fingerprint density at radius 3 is 3.13 bits per heavy atom. The number of carbonyl (C=O) groups is 1. The van der Waals surface area contributed by atoms with Gasteiger partial charge in [-0.25, -0.2) is 0 Å². The van der Waals surface area contributed by atoms with Gasteiger partial charge in [-0.1, -0.05) is 23.7 Å². The summed E-state index contributed by atoms with van der Waals surface area (Å²) in [6, 6.07) is 10.3. The molecule has 0 spiro atoms. The maximum atomic E-state index is 12.2. The van der Waals surface area contributed by atoms with Crippen molar-refractivity contribution in [3.8, 4) is 0 Å². The minimum Gasteiger partial charge on any atom is -0.355 e. The van der Waals surface area contributed by atoms with Gasteiger partial charge in [0, 0.05) is 29.0 Å². The summed E-state index contributed by atoms with van der Waals surface area (Å²) in [6.07, 6.45) is 1.85. The van der Waals surface area contributed by atoms with Crippen molar-refractivity contribution in [2.45, 2.75) is 25.8 Å². The molecule has 0 unspecified atom stereocenters. The van der Waals surface area contributed by atoms with E-state index < -0.39 is 0 Å². The van der Waals surface area contributed by atoms with E-state index in [1.807, 2.05) is 35.6 Å². The van der Waals surface area contributed by atoms with Crippen molar-refractivity contribution in [1.29, 1.82) is 0 Å². The Morgan fingerprint density at radius 2 is 2.30 bits per heavy atom. The van der Waals surface area contributed by atoms with Crippen molar-refractivity contribution in [1.82, 2.24) is 10.2 Å². The smallest absolute Gasteiger partial charge is 0.234 e. The van der Waals surface area contributed by atoms with E-state index >= 15 is 0 Å². The Kier molecular flexibility index (Phi) is 5.36. The molecule has 0 saturated heterocycles. The van der Waals surface area contributed by atoms with Crippen LogP contribution in [0.1, 0.15) is 29.0 Å². The van der Waals surface area contributed by atoms with Gasteiger partial charge in [0.1, 0.15) is 0 Å². The van der Waals surface area contributed by atoms with Crippen LogP contribution in [0.4, 0.5) is 0 Å². The first-order valence-electron chi connectivity index (χ1n) is 7.95. The van der Waals surface area contributed by atoms with Gasteiger partial charge in [0.2, 0.25) is 5.91 Å². The molecule has 23 heavy (non-hydrogen) atoms. The van der Waals surface area contributed by atoms with Gasteiger partial charge in [0.25, 0.3) is 0 Å². The van der Waals surface area contributed by atoms with Gasteiger partial charge in [0.15, 0.2) is 0 Å². The number of benzene rings is 1. The summed E-state index contributed by atoms with van der Waals surface area (Å²) < 4.78 is 0. The Morgan fingerprint density at radius 1 is 1.43 bits per heavy atom. The van der Waals surface area contributed by atoms with E-state index in [2.05, 4.69) is 28.6 Å². The van der Waals surface area contributed by atoms with Gasteiger partial charge in [-0.2, -0.15) is 0 Å². The minimum atomic E-state index is 0.0950. The largest absolute Gasteiger partial charge is 0.355 e. The third-order valence-corrected chi connectivity index (χ3v) is 5.61. The molecule has 0 saturated carbocycles. The van der Waals surface area contributed by atoms with Crippen LogP contribution < -0.4 is 5.32 Å². The first-order valence-corrected chi connectivity index (χ1v) is 9.20. The zero-order valence-corrected chi connectivity index (χ0v) is 14.8. The molecule has 1 aromatic carbocycles. The van der Waals surface area contributed by atoms with Crippen molar-refractivity contribution >= 4 is 28.8 Å². The highest BCUT2D eigenvalue weighted by Crippen LogP contribution is 2.32. The second kappa shape index (κ2) is 7.47. The van der Waals surface area contributed by atoms with Crippen molar-refractivity contribution < 1.29 is 4.79 Å². The second-order valence-electron chi connectivity index (χ2n) is 5.93. The van der Waals surface area contributed by atoms with Gasteiger partial charge < -0.3 is 5.32 Å². The molecule has 1 amide bonds. The Balaban J connectivity index is 1.47. The fourth-order valence-electron chi connectivity index (χ4n) is 3.06. The molecule has 0 bridgehead atoms. The van der Waals surface area contributed by atoms with Crippen LogP contribution in [0.15, 0.2) is 35.7 Å². The number of hydrogen-bond acceptors (Lipinski definition) is 3. The molecule has 122 valence electrons. The van der Waals surface area contributed by atoms with Crippen LogP contribution in [0.2, 0.25) is 5.02 Å². The molecule has 0 fully saturated rings. The molecule has 1 aliphatic heterocycles. The summed E-state index contributed by atoms with van der Waals surface area (Å²) in [5.74, 6) is 0.0950. The molecule has 1 N–H and O–H groups in total. The lowest BCUT2D eigenvalue weighted by atomic mass is 10.0. The molecule has 2 heterocycles. The third kappa shape index (κ3) is 4.14. The summed E-state index contributed by atoms with van der Waals surface area (Å²) in [5, 5.41) is 5.90. The van der Waals surface area contributed by atoms with E-state index in [4.69, 9.17) is 11.6 Å². The molecule has 2 aromatic rings. The molecule has 1 aliphatic rings. The highest BCUT2D eigenvalue weighted by Gasteiger charge is 2.25. The lowest BCUT2D eigenvalue weighted by Crippen LogP contribution is -2.41. The lowest BCUT2D eigenvalue weighted by Gasteiger charge is -2.32. The maximum absolute atomic E-state index is 12.2. The van der Waals surface area contributed by atoms with Crippen LogP contribution in [0.25, 0.3) is 0 Å². The Bertz CT molecular complexity index is 685. The highest BCUT2D eigenvalue weighted by atomic mass is 35.5. The average Bonchev–Trinajstić information content (AvgIpc) is 3.00. The van der Waals surface area contributed by atoms with Crippen LogP contribution in [-0.4, -0.2) is 30.4 Å². The fourth-order valence-corrected chi connectivity index (χ4v) is 4.23. The molecule has 5 heteroatoms. The first-order chi connectivity index (χ1) is 11.1. The van der Waals surface area contributed by atoms with Gasteiger partial charge in [-0.05, 0) is 54.5 Å². The SMILES string of the molecule is C[C@H]1c2ccsc2CCN1CC(=O)NCCc1cccc(Cl)c1. The highest BCUT2D eigenvalue weighted by molar-refractivity contribution is 7.10. The number of rotatable bonds is 5. The summed E-state index contributed by atoms with van der Waals surface area (Å²) in [6.45, 7) is 4.25. The van der Waals surface area contributed by atoms with Gasteiger partial charge >= 0.3 is 0 Å². The first kappa shape index (κ1) is 16.5. The van der Waals surface area contributed by atoms with Crippen molar-refractivity contribution in [3.63, 3.8) is 0 Å². The van der Waals surface area contributed by atoms with Gasteiger partial charge in [0.05, 0.1) is 6.54 Å². The number of halogens is 1. The number of fused-ring (bicyclic) bond motifs is 1. The second-order valence-corrected chi connectivity index (χ2v) is 7.36. The number of carbonyl (C=O) groups excluding carboxylic acids is 1. The van der Waals surface area contributed by atoms with Crippen molar-refractivity contribution in [2.24, 2.45) is 0 Å². The van der Waals surface area contributed by atoms with Crippen LogP contribution in [0.3, 0.4) is 0 Å². The summed E-state index contributed by atoms with van der Waals surface area (Å²) >= 11 is 7.79. The average molecular weight is 349 g/mol. The quantitative estimate of drug-likeness (QED) is 0.894. The number of amides is 1. The number of hydrogen-bond donors (Lipinski definition) is 1.